The molecule has 2 aromatic heterocycles. The highest BCUT2D eigenvalue weighted by Gasteiger charge is 2.47. The van der Waals surface area contributed by atoms with Crippen molar-refractivity contribution in [3.05, 3.63) is 59.1 Å². The van der Waals surface area contributed by atoms with Gasteiger partial charge >= 0.3 is 0 Å². The van der Waals surface area contributed by atoms with Gasteiger partial charge in [-0.25, -0.2) is 4.98 Å². The van der Waals surface area contributed by atoms with Crippen LogP contribution in [0.1, 0.15) is 36.8 Å². The molecule has 1 N–H and O–H groups in total. The van der Waals surface area contributed by atoms with Crippen molar-refractivity contribution in [1.29, 1.82) is 0 Å². The monoisotopic (exact) mass is 522 g/mol. The third-order valence-electron chi connectivity index (χ3n) is 7.02. The number of pyridine rings is 1. The number of aliphatic hydroxyl groups excluding tert-OH is 1. The van der Waals surface area contributed by atoms with E-state index in [0.717, 1.165) is 13.1 Å². The normalized spacial score (nSPS) is 17.0. The van der Waals surface area contributed by atoms with E-state index in [-0.39, 0.29) is 17.9 Å². The zero-order chi connectivity index (χ0) is 27.6. The average molecular weight is 523 g/mol. The minimum absolute atomic E-state index is 0.0161. The molecule has 10 nitrogen and oxygen atoms in total. The molecule has 1 amide bonds. The molecule has 1 aliphatic heterocycles. The van der Waals surface area contributed by atoms with Gasteiger partial charge in [0, 0.05) is 19.3 Å². The highest BCUT2D eigenvalue weighted by Crippen LogP contribution is 2.45. The van der Waals surface area contributed by atoms with Crippen molar-refractivity contribution < 1.29 is 28.9 Å². The van der Waals surface area contributed by atoms with Gasteiger partial charge in [-0.2, -0.15) is 0 Å². The molecule has 0 saturated carbocycles. The largest absolute Gasteiger partial charge is 0.505 e. The average Bonchev–Trinajstić information content (AvgIpc) is 3.40. The van der Waals surface area contributed by atoms with Crippen LogP contribution in [-0.2, 0) is 9.59 Å². The van der Waals surface area contributed by atoms with Crippen LogP contribution >= 0.6 is 0 Å². The highest BCUT2D eigenvalue weighted by molar-refractivity contribution is 6.46. The van der Waals surface area contributed by atoms with Crippen molar-refractivity contribution in [1.82, 2.24) is 19.2 Å². The van der Waals surface area contributed by atoms with Crippen molar-refractivity contribution in [2.75, 3.05) is 47.5 Å². The van der Waals surface area contributed by atoms with Crippen LogP contribution in [-0.4, -0.2) is 83.5 Å². The molecule has 1 fully saturated rings. The van der Waals surface area contributed by atoms with Crippen LogP contribution in [0.25, 0.3) is 11.4 Å². The first-order valence-corrected chi connectivity index (χ1v) is 12.6. The molecule has 0 spiro atoms. The Labute approximate surface area is 222 Å². The number of nitrogens with zero attached hydrogens (tertiary/aromatic N) is 4. The van der Waals surface area contributed by atoms with Crippen LogP contribution in [0.4, 0.5) is 0 Å². The van der Waals surface area contributed by atoms with Crippen molar-refractivity contribution in [3.63, 3.8) is 0 Å². The number of benzene rings is 1. The highest BCUT2D eigenvalue weighted by atomic mass is 16.5. The Kier molecular flexibility index (Phi) is 7.91. The summed E-state index contributed by atoms with van der Waals surface area (Å²) in [6.07, 6.45) is 1.76. The van der Waals surface area contributed by atoms with E-state index < -0.39 is 17.7 Å². The van der Waals surface area contributed by atoms with E-state index in [1.165, 1.54) is 26.2 Å². The number of amides is 1. The second kappa shape index (κ2) is 11.1. The number of hydrogen-bond acceptors (Lipinski definition) is 8. The quantitative estimate of drug-likeness (QED) is 0.245. The predicted molar refractivity (Wildman–Crippen MR) is 143 cm³/mol. The number of imidazole rings is 1. The Morgan fingerprint density at radius 3 is 2.29 bits per heavy atom. The first-order chi connectivity index (χ1) is 18.3. The standard InChI is InChI=1S/C28H34N4O6/c1-7-30(8-2)13-14-32-24(18-15-19(36-4)27(38-6)20(16-18)37-5)22(26(34)28(32)35)25(33)23-17(3)29-21-11-9-10-12-31(21)23/h9-12,15-16,24,33H,7-8,13-14H2,1-6H3/t24-/m1/s1. The predicted octanol–water partition coefficient (Wildman–Crippen LogP) is 3.43. The first kappa shape index (κ1) is 27.0. The molecule has 3 heterocycles. The molecule has 1 aromatic carbocycles. The van der Waals surface area contributed by atoms with E-state index >= 15 is 0 Å². The van der Waals surface area contributed by atoms with Gasteiger partial charge < -0.3 is 29.1 Å². The number of likely N-dealkylation sites (N-methyl/N-ethyl adjacent to an activating group) is 1. The molecule has 0 unspecified atom stereocenters. The van der Waals surface area contributed by atoms with Gasteiger partial charge in [-0.1, -0.05) is 19.9 Å². The van der Waals surface area contributed by atoms with Crippen LogP contribution in [0.3, 0.4) is 0 Å². The molecule has 0 aliphatic carbocycles. The van der Waals surface area contributed by atoms with Crippen molar-refractivity contribution in [2.24, 2.45) is 0 Å². The van der Waals surface area contributed by atoms with Gasteiger partial charge in [0.25, 0.3) is 11.7 Å². The Bertz CT molecular complexity index is 1370. The maximum Gasteiger partial charge on any atom is 0.295 e. The zero-order valence-corrected chi connectivity index (χ0v) is 22.6. The maximum atomic E-state index is 13.6. The lowest BCUT2D eigenvalue weighted by Gasteiger charge is -2.29. The van der Waals surface area contributed by atoms with E-state index in [9.17, 15) is 14.7 Å². The molecule has 1 atom stereocenters. The summed E-state index contributed by atoms with van der Waals surface area (Å²) in [5.74, 6) is -0.584. The van der Waals surface area contributed by atoms with Crippen molar-refractivity contribution in [3.8, 4) is 17.2 Å². The number of Topliss-reactive ketones (excluding diaryl/α,β-unsaturated/α-hetero) is 1. The molecule has 10 heteroatoms. The van der Waals surface area contributed by atoms with Gasteiger partial charge in [0.15, 0.2) is 17.3 Å². The summed E-state index contributed by atoms with van der Waals surface area (Å²) in [6.45, 7) is 8.30. The van der Waals surface area contributed by atoms with E-state index in [1.54, 1.807) is 29.7 Å². The molecule has 4 rings (SSSR count). The number of likely N-dealkylation sites (tertiary alicyclic amines) is 1. The SMILES string of the molecule is CCN(CC)CCN1C(=O)C(=O)C(=C(O)c2c(C)nc3ccccn23)[C@H]1c1cc(OC)c(OC)c(OC)c1. The number of ketones is 1. The van der Waals surface area contributed by atoms with Crippen molar-refractivity contribution in [2.45, 2.75) is 26.8 Å². The van der Waals surface area contributed by atoms with E-state index in [2.05, 4.69) is 9.88 Å². The Morgan fingerprint density at radius 1 is 1.05 bits per heavy atom. The molecular weight excluding hydrogens is 488 g/mol. The van der Waals surface area contributed by atoms with E-state index in [0.29, 0.717) is 46.4 Å². The molecule has 1 saturated heterocycles. The van der Waals surface area contributed by atoms with Gasteiger partial charge in [-0.05, 0) is 49.8 Å². The zero-order valence-electron chi connectivity index (χ0n) is 22.6. The molecular formula is C28H34N4O6. The topological polar surface area (TPSA) is 106 Å². The summed E-state index contributed by atoms with van der Waals surface area (Å²) >= 11 is 0. The van der Waals surface area contributed by atoms with E-state index in [1.807, 2.05) is 32.0 Å². The Balaban J connectivity index is 1.96. The van der Waals surface area contributed by atoms with Gasteiger partial charge in [0.05, 0.1) is 38.6 Å². The van der Waals surface area contributed by atoms with Crippen LogP contribution in [0, 0.1) is 6.92 Å². The number of ether oxygens (including phenoxy) is 3. The van der Waals surface area contributed by atoms with Crippen LogP contribution in [0.2, 0.25) is 0 Å². The van der Waals surface area contributed by atoms with Gasteiger partial charge in [-0.15, -0.1) is 0 Å². The van der Waals surface area contributed by atoms with Crippen LogP contribution in [0.15, 0.2) is 42.1 Å². The summed E-state index contributed by atoms with van der Waals surface area (Å²) in [5, 5.41) is 11.7. The summed E-state index contributed by atoms with van der Waals surface area (Å²) in [7, 11) is 4.50. The molecule has 202 valence electrons. The second-order valence-corrected chi connectivity index (χ2v) is 8.95. The minimum Gasteiger partial charge on any atom is -0.505 e. The van der Waals surface area contributed by atoms with Gasteiger partial charge in [-0.3, -0.25) is 14.0 Å². The third kappa shape index (κ3) is 4.56. The number of aryl methyl sites for hydroxylation is 1. The lowest BCUT2D eigenvalue weighted by Crippen LogP contribution is -2.38. The second-order valence-electron chi connectivity index (χ2n) is 8.95. The number of carbonyl (C=O) groups excluding carboxylic acids is 2. The Morgan fingerprint density at radius 2 is 1.71 bits per heavy atom. The van der Waals surface area contributed by atoms with E-state index in [4.69, 9.17) is 14.2 Å². The first-order valence-electron chi connectivity index (χ1n) is 12.6. The van der Waals surface area contributed by atoms with Gasteiger partial charge in [0.2, 0.25) is 5.75 Å². The van der Waals surface area contributed by atoms with Crippen LogP contribution < -0.4 is 14.2 Å². The number of aromatic nitrogens is 2. The third-order valence-corrected chi connectivity index (χ3v) is 7.02. The van der Waals surface area contributed by atoms with Crippen LogP contribution in [0.5, 0.6) is 17.2 Å². The molecule has 0 bridgehead atoms. The molecule has 0 radical (unpaired) electrons. The summed E-state index contributed by atoms with van der Waals surface area (Å²) < 4.78 is 18.3. The number of carbonyl (C=O) groups is 2. The molecule has 3 aromatic rings. The lowest BCUT2D eigenvalue weighted by atomic mass is 9.95. The number of rotatable bonds is 10. The smallest absolute Gasteiger partial charge is 0.295 e. The maximum absolute atomic E-state index is 13.6. The molecule has 38 heavy (non-hydrogen) atoms. The number of methoxy groups -OCH3 is 3. The fraction of sp³-hybridized carbons (Fsp3) is 0.393. The molecule has 1 aliphatic rings. The summed E-state index contributed by atoms with van der Waals surface area (Å²) in [6, 6.07) is 7.99. The number of fused-ring (bicyclic) bond motifs is 1. The summed E-state index contributed by atoms with van der Waals surface area (Å²) in [5.41, 5.74) is 2.04. The fourth-order valence-corrected chi connectivity index (χ4v) is 5.03. The Hall–Kier alpha value is -4.05. The van der Waals surface area contributed by atoms with Crippen molar-refractivity contribution >= 4 is 23.1 Å². The number of hydrogen-bond donors (Lipinski definition) is 1. The summed E-state index contributed by atoms with van der Waals surface area (Å²) in [4.78, 5) is 35.2. The lowest BCUT2D eigenvalue weighted by molar-refractivity contribution is -0.140. The number of aliphatic hydroxyl groups is 1. The fourth-order valence-electron chi connectivity index (χ4n) is 5.03. The van der Waals surface area contributed by atoms with Gasteiger partial charge in [0.1, 0.15) is 11.3 Å². The minimum atomic E-state index is -0.882.